The number of allylic oxidation sites excluding steroid dienone is 2. The van der Waals surface area contributed by atoms with Crippen LogP contribution in [0.15, 0.2) is 54.1 Å². The van der Waals surface area contributed by atoms with Crippen molar-refractivity contribution in [2.45, 2.75) is 58.3 Å². The molecule has 286 valence electrons. The van der Waals surface area contributed by atoms with E-state index in [0.29, 0.717) is 47.8 Å². The number of aromatic hydroxyl groups is 1. The molecule has 8 rings (SSSR count). The number of benzene rings is 2. The Morgan fingerprint density at radius 2 is 1.82 bits per heavy atom. The number of rotatable bonds is 10. The van der Waals surface area contributed by atoms with Gasteiger partial charge < -0.3 is 14.9 Å². The number of imide groups is 2. The van der Waals surface area contributed by atoms with Gasteiger partial charge in [0.1, 0.15) is 11.5 Å². The molecule has 4 aromatic rings. The number of methoxy groups -OCH3 is 1. The number of ether oxygens (including phenoxy) is 1. The molecule has 0 bridgehead atoms. The van der Waals surface area contributed by atoms with Crippen molar-refractivity contribution in [1.29, 1.82) is 0 Å². The maximum Gasteiger partial charge on any atom is 0.303 e. The van der Waals surface area contributed by atoms with Gasteiger partial charge in [-0.1, -0.05) is 35.7 Å². The van der Waals surface area contributed by atoms with Crippen molar-refractivity contribution in [3.05, 3.63) is 70.3 Å². The molecule has 4 aliphatic rings. The predicted molar refractivity (Wildman–Crippen MR) is 206 cm³/mol. The van der Waals surface area contributed by atoms with Crippen LogP contribution in [-0.4, -0.2) is 68.1 Å². The topological polar surface area (TPSA) is 159 Å². The van der Waals surface area contributed by atoms with Crippen LogP contribution in [0.2, 0.25) is 5.02 Å². The van der Waals surface area contributed by atoms with E-state index in [-0.39, 0.29) is 42.7 Å². The molecule has 14 heteroatoms. The molecule has 6 atom stereocenters. The standard InChI is InChI=1S/C41H41ClN4O8S/c1-20-25-17-22(42)10-14-31(25)55-36(20)28-19-32(44(3)43-28)46-38(51)27-18-26-23(35(41(27,2)40(46)53)21-9-13-29(47)30(16-21)54-4)11-12-24-34(26)39(52)45(37(24)50)15-7-5-6-8-33(48)49/h9-11,13-14,16-17,19,24,26-27,34-35,47H,5-8,12,15,18H2,1-4H3,(H,48,49). The highest BCUT2D eigenvalue weighted by atomic mass is 35.5. The van der Waals surface area contributed by atoms with Crippen molar-refractivity contribution >= 4 is 68.4 Å². The quantitative estimate of drug-likeness (QED) is 0.0996. The molecule has 4 amide bonds. The zero-order valence-corrected chi connectivity index (χ0v) is 32.4. The molecule has 2 aromatic carbocycles. The molecule has 6 unspecified atom stereocenters. The third-order valence-corrected chi connectivity index (χ3v) is 13.9. The first-order chi connectivity index (χ1) is 26.3. The van der Waals surface area contributed by atoms with Crippen molar-refractivity contribution in [2.24, 2.45) is 36.1 Å². The molecule has 3 fully saturated rings. The lowest BCUT2D eigenvalue weighted by Gasteiger charge is -2.49. The number of phenolic OH excluding ortho intramolecular Hbond substituents is 1. The van der Waals surface area contributed by atoms with Crippen LogP contribution < -0.4 is 9.64 Å². The zero-order chi connectivity index (χ0) is 39.1. The number of thiophene rings is 1. The first-order valence-electron chi connectivity index (χ1n) is 18.5. The Kier molecular flexibility index (Phi) is 9.15. The van der Waals surface area contributed by atoms with E-state index in [9.17, 15) is 24.3 Å². The number of hydrogen-bond acceptors (Lipinski definition) is 9. The number of likely N-dealkylation sites (tertiary alicyclic amines) is 1. The summed E-state index contributed by atoms with van der Waals surface area (Å²) < 4.78 is 8.08. The summed E-state index contributed by atoms with van der Waals surface area (Å²) in [7, 11) is 3.15. The molecule has 4 heterocycles. The smallest absolute Gasteiger partial charge is 0.303 e. The largest absolute Gasteiger partial charge is 0.504 e. The monoisotopic (exact) mass is 784 g/mol. The fourth-order valence-corrected chi connectivity index (χ4v) is 11.0. The number of aliphatic carboxylic acids is 1. The number of carboxylic acids is 1. The highest BCUT2D eigenvalue weighted by molar-refractivity contribution is 7.22. The number of amides is 4. The Labute approximate surface area is 326 Å². The molecule has 0 radical (unpaired) electrons. The van der Waals surface area contributed by atoms with Crippen LogP contribution >= 0.6 is 22.9 Å². The first kappa shape index (κ1) is 36.9. The van der Waals surface area contributed by atoms with Gasteiger partial charge in [-0.2, -0.15) is 5.10 Å². The second-order valence-corrected chi connectivity index (χ2v) is 16.8. The third kappa shape index (κ3) is 5.68. The van der Waals surface area contributed by atoms with Gasteiger partial charge in [-0.15, -0.1) is 11.3 Å². The number of halogens is 1. The van der Waals surface area contributed by atoms with Gasteiger partial charge in [0, 0.05) is 41.7 Å². The summed E-state index contributed by atoms with van der Waals surface area (Å²) in [5.41, 5.74) is 1.79. The number of carbonyl (C=O) groups is 5. The van der Waals surface area contributed by atoms with Crippen LogP contribution in [0.1, 0.15) is 62.5 Å². The van der Waals surface area contributed by atoms with Gasteiger partial charge in [0.2, 0.25) is 23.6 Å². The highest BCUT2D eigenvalue weighted by Crippen LogP contribution is 2.64. The van der Waals surface area contributed by atoms with E-state index >= 15 is 4.79 Å². The Balaban J connectivity index is 1.18. The van der Waals surface area contributed by atoms with Crippen molar-refractivity contribution < 1.29 is 38.9 Å². The number of carbonyl (C=O) groups excluding carboxylic acids is 4. The maximum atomic E-state index is 15.1. The van der Waals surface area contributed by atoms with Gasteiger partial charge in [-0.05, 0) is 92.3 Å². The summed E-state index contributed by atoms with van der Waals surface area (Å²) >= 11 is 7.86. The molecule has 55 heavy (non-hydrogen) atoms. The Hall–Kier alpha value is -5.01. The van der Waals surface area contributed by atoms with Gasteiger partial charge in [0.25, 0.3) is 0 Å². The minimum Gasteiger partial charge on any atom is -0.504 e. The molecular formula is C41H41ClN4O8S. The minimum absolute atomic E-state index is 0.0238. The Morgan fingerprint density at radius 3 is 2.56 bits per heavy atom. The number of carboxylic acid groups (broad SMARTS) is 1. The third-order valence-electron chi connectivity index (χ3n) is 12.4. The first-order valence-corrected chi connectivity index (χ1v) is 19.7. The van der Waals surface area contributed by atoms with Crippen molar-refractivity contribution in [1.82, 2.24) is 14.7 Å². The van der Waals surface area contributed by atoms with Crippen molar-refractivity contribution in [3.8, 4) is 22.1 Å². The van der Waals surface area contributed by atoms with Crippen LogP contribution in [-0.2, 0) is 31.0 Å². The molecule has 0 spiro atoms. The Morgan fingerprint density at radius 1 is 1.04 bits per heavy atom. The second kappa shape index (κ2) is 13.6. The summed E-state index contributed by atoms with van der Waals surface area (Å²) in [6.07, 6.45) is 4.02. The molecule has 2 aromatic heterocycles. The van der Waals surface area contributed by atoms with E-state index in [2.05, 4.69) is 0 Å². The average Bonchev–Trinajstić information content (AvgIpc) is 3.82. The molecule has 12 nitrogen and oxygen atoms in total. The van der Waals surface area contributed by atoms with Crippen LogP contribution in [0.3, 0.4) is 0 Å². The SMILES string of the molecule is COc1cc(C2C3=CCC4C(=O)N(CCCCCC(=O)O)C(=O)C4C3CC3C(=O)N(c4cc(-c5sc6ccc(Cl)cc6c5C)nn4C)C(=O)C32C)ccc1O. The van der Waals surface area contributed by atoms with Gasteiger partial charge in [-0.25, -0.2) is 4.90 Å². The van der Waals surface area contributed by atoms with Crippen LogP contribution in [0, 0.1) is 36.0 Å². The zero-order valence-electron chi connectivity index (χ0n) is 30.9. The number of nitrogens with zero attached hydrogens (tertiary/aromatic N) is 4. The van der Waals surface area contributed by atoms with Crippen LogP contribution in [0.25, 0.3) is 20.7 Å². The van der Waals surface area contributed by atoms with Crippen molar-refractivity contribution in [3.63, 3.8) is 0 Å². The fraction of sp³-hybridized carbons (Fsp3) is 0.415. The van der Waals surface area contributed by atoms with E-state index in [1.807, 2.05) is 38.1 Å². The van der Waals surface area contributed by atoms with E-state index in [0.717, 1.165) is 26.1 Å². The van der Waals surface area contributed by atoms with Gasteiger partial charge in [-0.3, -0.25) is 33.6 Å². The fourth-order valence-electron chi connectivity index (χ4n) is 9.71. The van der Waals surface area contributed by atoms with Gasteiger partial charge in [0.05, 0.1) is 35.2 Å². The molecule has 2 aliphatic carbocycles. The van der Waals surface area contributed by atoms with E-state index < -0.39 is 52.8 Å². The van der Waals surface area contributed by atoms with Gasteiger partial charge in [0.15, 0.2) is 11.5 Å². The lowest BCUT2D eigenvalue weighted by atomic mass is 9.51. The molecular weight excluding hydrogens is 744 g/mol. The number of hydrogen-bond donors (Lipinski definition) is 2. The normalized spacial score (nSPS) is 26.1. The van der Waals surface area contributed by atoms with Crippen LogP contribution in [0.5, 0.6) is 11.5 Å². The maximum absolute atomic E-state index is 15.1. The summed E-state index contributed by atoms with van der Waals surface area (Å²) in [5, 5.41) is 26.0. The molecule has 1 saturated carbocycles. The summed E-state index contributed by atoms with van der Waals surface area (Å²) in [6.45, 7) is 4.01. The van der Waals surface area contributed by atoms with Crippen LogP contribution in [0.4, 0.5) is 5.82 Å². The lowest BCUT2D eigenvalue weighted by molar-refractivity contribution is -0.141. The lowest BCUT2D eigenvalue weighted by Crippen LogP contribution is -2.48. The summed E-state index contributed by atoms with van der Waals surface area (Å²) in [4.78, 5) is 72.3. The van der Waals surface area contributed by atoms with E-state index in [1.54, 1.807) is 41.3 Å². The Bertz CT molecular complexity index is 2350. The number of aromatic nitrogens is 2. The summed E-state index contributed by atoms with van der Waals surface area (Å²) in [5.74, 6) is -5.09. The minimum atomic E-state index is -1.29. The number of aryl methyl sites for hydroxylation is 2. The highest BCUT2D eigenvalue weighted by Gasteiger charge is 2.68. The number of fused-ring (bicyclic) bond motifs is 5. The molecule has 2 saturated heterocycles. The second-order valence-electron chi connectivity index (χ2n) is 15.3. The van der Waals surface area contributed by atoms with Gasteiger partial charge >= 0.3 is 5.97 Å². The number of anilines is 1. The van der Waals surface area contributed by atoms with E-state index in [1.165, 1.54) is 23.0 Å². The van der Waals surface area contributed by atoms with E-state index in [4.69, 9.17) is 26.5 Å². The number of phenols is 1. The average molecular weight is 785 g/mol. The number of unbranched alkanes of at least 4 members (excludes halogenated alkanes) is 2. The predicted octanol–water partition coefficient (Wildman–Crippen LogP) is 6.85. The molecule has 2 N–H and O–H groups in total. The molecule has 2 aliphatic heterocycles. The van der Waals surface area contributed by atoms with Crippen molar-refractivity contribution in [2.75, 3.05) is 18.6 Å². The summed E-state index contributed by atoms with van der Waals surface area (Å²) in [6, 6.07) is 12.4.